The van der Waals surface area contributed by atoms with Crippen molar-refractivity contribution >= 4 is 17.7 Å². The van der Waals surface area contributed by atoms with E-state index in [0.717, 1.165) is 0 Å². The van der Waals surface area contributed by atoms with Crippen LogP contribution in [0, 0.1) is 5.92 Å². The Hall–Kier alpha value is -1.39. The van der Waals surface area contributed by atoms with Gasteiger partial charge in [-0.2, -0.15) is 0 Å². The zero-order chi connectivity index (χ0) is 11.8. The largest absolute Gasteiger partial charge is 0.466 e. The molecule has 0 amide bonds. The molecule has 0 bridgehead atoms. The first-order valence-corrected chi connectivity index (χ1v) is 4.85. The van der Waals surface area contributed by atoms with E-state index in [1.165, 1.54) is 6.92 Å². The van der Waals surface area contributed by atoms with Crippen molar-refractivity contribution < 1.29 is 23.9 Å². The first kappa shape index (κ1) is 13.6. The third kappa shape index (κ3) is 5.15. The van der Waals surface area contributed by atoms with Gasteiger partial charge in [-0.3, -0.25) is 14.4 Å². The van der Waals surface area contributed by atoms with Gasteiger partial charge in [-0.1, -0.05) is 0 Å². The number of rotatable bonds is 6. The highest BCUT2D eigenvalue weighted by atomic mass is 16.5. The van der Waals surface area contributed by atoms with Gasteiger partial charge in [-0.15, -0.1) is 0 Å². The zero-order valence-electron chi connectivity index (χ0n) is 9.24. The third-order valence-corrected chi connectivity index (χ3v) is 1.74. The van der Waals surface area contributed by atoms with Crippen LogP contribution >= 0.6 is 0 Å². The zero-order valence-corrected chi connectivity index (χ0v) is 9.24. The third-order valence-electron chi connectivity index (χ3n) is 1.74. The summed E-state index contributed by atoms with van der Waals surface area (Å²) >= 11 is 0. The maximum atomic E-state index is 11.3. The van der Waals surface area contributed by atoms with Gasteiger partial charge < -0.3 is 9.47 Å². The Balaban J connectivity index is 4.34. The highest BCUT2D eigenvalue weighted by Gasteiger charge is 2.28. The maximum absolute atomic E-state index is 11.3. The van der Waals surface area contributed by atoms with Gasteiger partial charge in [0, 0.05) is 0 Å². The van der Waals surface area contributed by atoms with Crippen LogP contribution in [0.3, 0.4) is 0 Å². The van der Waals surface area contributed by atoms with Crippen LogP contribution in [0.15, 0.2) is 0 Å². The number of esters is 2. The molecule has 0 aliphatic carbocycles. The Bertz CT molecular complexity index is 246. The molecule has 0 heterocycles. The van der Waals surface area contributed by atoms with Gasteiger partial charge in [0.2, 0.25) is 0 Å². The van der Waals surface area contributed by atoms with Gasteiger partial charge >= 0.3 is 11.9 Å². The van der Waals surface area contributed by atoms with Crippen LogP contribution in [0.4, 0.5) is 0 Å². The maximum Gasteiger partial charge on any atom is 0.317 e. The molecule has 0 radical (unpaired) electrons. The quantitative estimate of drug-likeness (QED) is 0.483. The van der Waals surface area contributed by atoms with E-state index in [1.807, 2.05) is 0 Å². The van der Waals surface area contributed by atoms with E-state index in [9.17, 15) is 14.4 Å². The fraction of sp³-hybridized carbons (Fsp3) is 0.700. The van der Waals surface area contributed by atoms with Gasteiger partial charge in [-0.25, -0.2) is 0 Å². The Labute approximate surface area is 88.7 Å². The molecule has 0 saturated heterocycles. The molecule has 1 unspecified atom stereocenters. The van der Waals surface area contributed by atoms with Crippen molar-refractivity contribution in [3.63, 3.8) is 0 Å². The Kier molecular flexibility index (Phi) is 6.33. The second kappa shape index (κ2) is 6.98. The molecular weight excluding hydrogens is 200 g/mol. The van der Waals surface area contributed by atoms with Gasteiger partial charge in [0.15, 0.2) is 0 Å². The number of carbonyl (C=O) groups excluding carboxylic acids is 3. The molecule has 5 nitrogen and oxygen atoms in total. The van der Waals surface area contributed by atoms with E-state index in [-0.39, 0.29) is 25.4 Å². The smallest absolute Gasteiger partial charge is 0.317 e. The summed E-state index contributed by atoms with van der Waals surface area (Å²) in [6.07, 6.45) is -0.248. The Morgan fingerprint density at radius 2 is 1.60 bits per heavy atom. The molecular formula is C10H16O5. The lowest BCUT2D eigenvalue weighted by Crippen LogP contribution is -2.27. The van der Waals surface area contributed by atoms with Gasteiger partial charge in [0.25, 0.3) is 0 Å². The molecule has 0 spiro atoms. The SMILES string of the molecule is CCOC(=O)CC(C(C)=O)C(=O)OCC. The molecule has 0 aromatic heterocycles. The van der Waals surface area contributed by atoms with Crippen LogP contribution in [-0.4, -0.2) is 30.9 Å². The Morgan fingerprint density at radius 3 is 2.00 bits per heavy atom. The van der Waals surface area contributed by atoms with Crippen LogP contribution in [-0.2, 0) is 23.9 Å². The fourth-order valence-corrected chi connectivity index (χ4v) is 1.02. The minimum atomic E-state index is -1.04. The van der Waals surface area contributed by atoms with E-state index < -0.39 is 17.9 Å². The molecule has 86 valence electrons. The summed E-state index contributed by atoms with van der Waals surface area (Å²) < 4.78 is 9.33. The summed E-state index contributed by atoms with van der Waals surface area (Å²) in [4.78, 5) is 33.4. The predicted octanol–water partition coefficient (Wildman–Crippen LogP) is 0.708. The van der Waals surface area contributed by atoms with Gasteiger partial charge in [0.1, 0.15) is 11.7 Å². The van der Waals surface area contributed by atoms with Crippen molar-refractivity contribution in [3.8, 4) is 0 Å². The highest BCUT2D eigenvalue weighted by molar-refractivity contribution is 6.00. The van der Waals surface area contributed by atoms with Crippen molar-refractivity contribution in [1.29, 1.82) is 0 Å². The molecule has 0 aliphatic rings. The lowest BCUT2D eigenvalue weighted by Gasteiger charge is -2.11. The molecule has 0 aromatic carbocycles. The van der Waals surface area contributed by atoms with E-state index in [2.05, 4.69) is 9.47 Å². The summed E-state index contributed by atoms with van der Waals surface area (Å²) in [5.41, 5.74) is 0. The van der Waals surface area contributed by atoms with Crippen LogP contribution in [0.25, 0.3) is 0 Å². The second-order valence-corrected chi connectivity index (χ2v) is 2.92. The monoisotopic (exact) mass is 216 g/mol. The van der Waals surface area contributed by atoms with Crippen molar-refractivity contribution in [2.24, 2.45) is 5.92 Å². The standard InChI is InChI=1S/C10H16O5/c1-4-14-9(12)6-8(7(3)11)10(13)15-5-2/h8H,4-6H2,1-3H3. The molecule has 5 heteroatoms. The van der Waals surface area contributed by atoms with E-state index in [1.54, 1.807) is 13.8 Å². The molecule has 0 fully saturated rings. The fourth-order valence-electron chi connectivity index (χ4n) is 1.02. The number of carbonyl (C=O) groups is 3. The van der Waals surface area contributed by atoms with Gasteiger partial charge in [-0.05, 0) is 20.8 Å². The van der Waals surface area contributed by atoms with Crippen LogP contribution in [0.5, 0.6) is 0 Å². The average Bonchev–Trinajstić information content (AvgIpc) is 2.14. The van der Waals surface area contributed by atoms with Crippen molar-refractivity contribution in [3.05, 3.63) is 0 Å². The predicted molar refractivity (Wildman–Crippen MR) is 52.1 cm³/mol. The van der Waals surface area contributed by atoms with Crippen LogP contribution in [0.1, 0.15) is 27.2 Å². The summed E-state index contributed by atoms with van der Waals surface area (Å²) in [6, 6.07) is 0. The first-order valence-electron chi connectivity index (χ1n) is 4.85. The lowest BCUT2D eigenvalue weighted by molar-refractivity contribution is -0.157. The number of Topliss-reactive ketones (excluding diaryl/α,β-unsaturated/α-hetero) is 1. The van der Waals surface area contributed by atoms with E-state index >= 15 is 0 Å². The summed E-state index contributed by atoms with van der Waals surface area (Å²) in [6.45, 7) is 4.96. The lowest BCUT2D eigenvalue weighted by atomic mass is 10.0. The number of hydrogen-bond acceptors (Lipinski definition) is 5. The van der Waals surface area contributed by atoms with E-state index in [0.29, 0.717) is 0 Å². The minimum Gasteiger partial charge on any atom is -0.466 e. The summed E-state index contributed by atoms with van der Waals surface area (Å²) in [7, 11) is 0. The molecule has 0 aromatic rings. The summed E-state index contributed by atoms with van der Waals surface area (Å²) in [5, 5.41) is 0. The van der Waals surface area contributed by atoms with Gasteiger partial charge in [0.05, 0.1) is 19.6 Å². The molecule has 0 aliphatic heterocycles. The van der Waals surface area contributed by atoms with Crippen LogP contribution in [0.2, 0.25) is 0 Å². The van der Waals surface area contributed by atoms with Crippen molar-refractivity contribution in [1.82, 2.24) is 0 Å². The first-order chi connectivity index (χ1) is 7.02. The average molecular weight is 216 g/mol. The summed E-state index contributed by atoms with van der Waals surface area (Å²) in [5.74, 6) is -2.66. The Morgan fingerprint density at radius 1 is 1.07 bits per heavy atom. The molecule has 0 N–H and O–H groups in total. The van der Waals surface area contributed by atoms with Crippen LogP contribution < -0.4 is 0 Å². The number of hydrogen-bond donors (Lipinski definition) is 0. The topological polar surface area (TPSA) is 69.7 Å². The van der Waals surface area contributed by atoms with Crippen molar-refractivity contribution in [2.75, 3.05) is 13.2 Å². The number of ether oxygens (including phenoxy) is 2. The number of ketones is 1. The molecule has 0 rings (SSSR count). The molecule has 15 heavy (non-hydrogen) atoms. The molecule has 1 atom stereocenters. The second-order valence-electron chi connectivity index (χ2n) is 2.92. The minimum absolute atomic E-state index is 0.186. The normalized spacial score (nSPS) is 11.7. The van der Waals surface area contributed by atoms with Crippen molar-refractivity contribution in [2.45, 2.75) is 27.2 Å². The molecule has 0 saturated carbocycles. The highest BCUT2D eigenvalue weighted by Crippen LogP contribution is 2.08. The van der Waals surface area contributed by atoms with E-state index in [4.69, 9.17) is 0 Å².